The molecule has 3 aromatic heterocycles. The van der Waals surface area contributed by atoms with Crippen LogP contribution in [0.5, 0.6) is 0 Å². The Balaban J connectivity index is 0.939. The fourth-order valence-corrected chi connectivity index (χ4v) is 13.4. The van der Waals surface area contributed by atoms with Gasteiger partial charge in [0.15, 0.2) is 0 Å². The molecule has 7 aromatic carbocycles. The van der Waals surface area contributed by atoms with E-state index in [-0.39, 0.29) is 5.41 Å². The summed E-state index contributed by atoms with van der Waals surface area (Å²) < 4.78 is 4.97. The zero-order valence-corrected chi connectivity index (χ0v) is 32.3. The zero-order valence-electron chi connectivity index (χ0n) is 32.3. The van der Waals surface area contributed by atoms with Gasteiger partial charge in [0, 0.05) is 50.4 Å². The molecule has 5 aliphatic rings. The van der Waals surface area contributed by atoms with Gasteiger partial charge in [0.05, 0.1) is 27.8 Å². The monoisotopic (exact) mass is 743 g/mol. The fourth-order valence-electron chi connectivity index (χ4n) is 13.4. The highest BCUT2D eigenvalue weighted by molar-refractivity contribution is 6.13. The van der Waals surface area contributed by atoms with Crippen LogP contribution in [0.25, 0.3) is 88.0 Å². The van der Waals surface area contributed by atoms with E-state index in [0.717, 1.165) is 34.7 Å². The van der Waals surface area contributed by atoms with Gasteiger partial charge in [-0.25, -0.2) is 0 Å². The van der Waals surface area contributed by atoms with E-state index in [1.54, 1.807) is 11.1 Å². The molecule has 4 fully saturated rings. The summed E-state index contributed by atoms with van der Waals surface area (Å²) in [5.74, 6) is 3.36. The van der Waals surface area contributed by atoms with Gasteiger partial charge in [-0.15, -0.1) is 0 Å². The van der Waals surface area contributed by atoms with Crippen molar-refractivity contribution in [2.75, 3.05) is 0 Å². The van der Waals surface area contributed by atoms with Crippen LogP contribution < -0.4 is 0 Å². The Kier molecular flexibility index (Phi) is 6.19. The van der Waals surface area contributed by atoms with Crippen LogP contribution in [-0.2, 0) is 5.41 Å². The van der Waals surface area contributed by atoms with Crippen LogP contribution >= 0.6 is 0 Å². The summed E-state index contributed by atoms with van der Waals surface area (Å²) in [5.41, 5.74) is 16.2. The minimum absolute atomic E-state index is 0.146. The number of pyridine rings is 1. The molecule has 0 amide bonds. The quantitative estimate of drug-likeness (QED) is 0.177. The van der Waals surface area contributed by atoms with Gasteiger partial charge in [-0.2, -0.15) is 0 Å². The number of rotatable bonds is 3. The van der Waals surface area contributed by atoms with Crippen molar-refractivity contribution in [3.8, 4) is 33.6 Å². The second-order valence-electron chi connectivity index (χ2n) is 18.0. The van der Waals surface area contributed by atoms with E-state index in [2.05, 4.69) is 166 Å². The minimum Gasteiger partial charge on any atom is -0.309 e. The first kappa shape index (κ1) is 31.6. The largest absolute Gasteiger partial charge is 0.309 e. The highest BCUT2D eigenvalue weighted by atomic mass is 15.0. The Hall–Kier alpha value is -6.45. The number of hydrogen-bond acceptors (Lipinski definition) is 1. The number of nitrogens with zero attached hydrogens (tertiary/aromatic N) is 3. The summed E-state index contributed by atoms with van der Waals surface area (Å²) >= 11 is 0. The zero-order chi connectivity index (χ0) is 37.7. The molecule has 10 aromatic rings. The molecule has 15 rings (SSSR count). The van der Waals surface area contributed by atoms with E-state index < -0.39 is 0 Å². The Morgan fingerprint density at radius 3 is 1.81 bits per heavy atom. The van der Waals surface area contributed by atoms with E-state index in [1.807, 2.05) is 12.4 Å². The molecule has 58 heavy (non-hydrogen) atoms. The van der Waals surface area contributed by atoms with Gasteiger partial charge in [-0.3, -0.25) is 4.98 Å². The summed E-state index contributed by atoms with van der Waals surface area (Å²) in [5, 5.41) is 7.46. The molecule has 4 bridgehead atoms. The van der Waals surface area contributed by atoms with Crippen molar-refractivity contribution < 1.29 is 0 Å². The van der Waals surface area contributed by atoms with E-state index in [0.29, 0.717) is 0 Å². The standard InChI is InChI=1S/C55H41N3/c1-4-12-48-41(9-1)42-19-18-40(31-49(42)55(48)38-25-33-24-34(27-38)28-39(55)26-33)57-50-13-5-2-10-43(50)45-29-36(16-20-53(45)57)37-17-21-54-46(30-37)44-11-3-6-14-51(44)58(54)52-15-7-8-35-22-23-56-32-47(35)52/h1-23,29-34,38-39H,24-28H2. The Morgan fingerprint density at radius 1 is 0.448 bits per heavy atom. The third-order valence-electron chi connectivity index (χ3n) is 15.4. The van der Waals surface area contributed by atoms with Crippen LogP contribution in [0.3, 0.4) is 0 Å². The number of hydrogen-bond donors (Lipinski definition) is 0. The number of aromatic nitrogens is 3. The summed E-state index contributed by atoms with van der Waals surface area (Å²) in [6.07, 6.45) is 10.9. The van der Waals surface area contributed by atoms with Crippen LogP contribution in [0.4, 0.5) is 0 Å². The van der Waals surface area contributed by atoms with Crippen molar-refractivity contribution in [1.29, 1.82) is 0 Å². The van der Waals surface area contributed by atoms with Crippen molar-refractivity contribution in [2.45, 2.75) is 37.5 Å². The molecule has 4 saturated carbocycles. The molecule has 1 spiro atoms. The number of para-hydroxylation sites is 2. The first-order valence-corrected chi connectivity index (χ1v) is 21.4. The van der Waals surface area contributed by atoms with Crippen molar-refractivity contribution in [2.24, 2.45) is 23.7 Å². The predicted molar refractivity (Wildman–Crippen MR) is 239 cm³/mol. The number of benzene rings is 7. The van der Waals surface area contributed by atoms with E-state index in [1.165, 1.54) is 109 Å². The van der Waals surface area contributed by atoms with Crippen LogP contribution in [0.1, 0.15) is 43.2 Å². The molecule has 5 aliphatic carbocycles. The highest BCUT2D eigenvalue weighted by Gasteiger charge is 2.61. The lowest BCUT2D eigenvalue weighted by Gasteiger charge is -2.61. The van der Waals surface area contributed by atoms with Gasteiger partial charge in [0.1, 0.15) is 0 Å². The average Bonchev–Trinajstić information content (AvgIpc) is 3.88. The van der Waals surface area contributed by atoms with E-state index in [9.17, 15) is 0 Å². The molecular formula is C55H41N3. The van der Waals surface area contributed by atoms with Gasteiger partial charge in [0.25, 0.3) is 0 Å². The van der Waals surface area contributed by atoms with Crippen molar-refractivity contribution in [1.82, 2.24) is 14.1 Å². The van der Waals surface area contributed by atoms with Gasteiger partial charge in [-0.1, -0.05) is 91.0 Å². The molecule has 0 atom stereocenters. The van der Waals surface area contributed by atoms with Crippen molar-refractivity contribution in [3.05, 3.63) is 175 Å². The van der Waals surface area contributed by atoms with Gasteiger partial charge in [-0.05, 0) is 155 Å². The SMILES string of the molecule is c1ccc2c(c1)-c1ccc(-n3c4ccccc4c4cc(-c5ccc6c(c5)c5ccccc5n6-c5cccc6ccncc56)ccc43)cc1C21C2CC3CC(C2)CC1C3. The topological polar surface area (TPSA) is 22.8 Å². The molecule has 0 radical (unpaired) electrons. The summed E-state index contributed by atoms with van der Waals surface area (Å²) in [6, 6.07) is 57.7. The van der Waals surface area contributed by atoms with Crippen molar-refractivity contribution >= 4 is 54.4 Å². The predicted octanol–water partition coefficient (Wildman–Crippen LogP) is 13.8. The molecule has 0 N–H and O–H groups in total. The lowest BCUT2D eigenvalue weighted by molar-refractivity contribution is -0.0399. The molecule has 3 heterocycles. The first-order valence-electron chi connectivity index (χ1n) is 21.4. The van der Waals surface area contributed by atoms with Crippen molar-refractivity contribution in [3.63, 3.8) is 0 Å². The maximum Gasteiger partial charge on any atom is 0.0556 e. The van der Waals surface area contributed by atoms with Gasteiger partial charge >= 0.3 is 0 Å². The molecule has 3 heteroatoms. The van der Waals surface area contributed by atoms with Gasteiger partial charge < -0.3 is 9.13 Å². The normalized spacial score (nSPS) is 22.9. The molecule has 276 valence electrons. The second kappa shape index (κ2) is 11.4. The Bertz CT molecular complexity index is 3340. The smallest absolute Gasteiger partial charge is 0.0556 e. The van der Waals surface area contributed by atoms with Crippen LogP contribution in [0, 0.1) is 23.7 Å². The third-order valence-corrected chi connectivity index (χ3v) is 15.4. The third kappa shape index (κ3) is 4.02. The van der Waals surface area contributed by atoms with E-state index in [4.69, 9.17) is 0 Å². The molecular weight excluding hydrogens is 703 g/mol. The van der Waals surface area contributed by atoms with Crippen LogP contribution in [-0.4, -0.2) is 14.1 Å². The molecule has 0 saturated heterocycles. The van der Waals surface area contributed by atoms with Crippen LogP contribution in [0.2, 0.25) is 0 Å². The molecule has 0 unspecified atom stereocenters. The average molecular weight is 744 g/mol. The molecule has 3 nitrogen and oxygen atoms in total. The van der Waals surface area contributed by atoms with E-state index >= 15 is 0 Å². The van der Waals surface area contributed by atoms with Gasteiger partial charge in [0.2, 0.25) is 0 Å². The maximum absolute atomic E-state index is 4.51. The Labute approximate surface area is 337 Å². The lowest BCUT2D eigenvalue weighted by atomic mass is 9.43. The summed E-state index contributed by atoms with van der Waals surface area (Å²) in [7, 11) is 0. The Morgan fingerprint density at radius 2 is 1.07 bits per heavy atom. The first-order chi connectivity index (χ1) is 28.7. The molecule has 0 aliphatic heterocycles. The maximum atomic E-state index is 4.51. The summed E-state index contributed by atoms with van der Waals surface area (Å²) in [4.78, 5) is 4.51. The number of fused-ring (bicyclic) bond motifs is 10. The highest BCUT2D eigenvalue weighted by Crippen LogP contribution is 2.69. The lowest BCUT2D eigenvalue weighted by Crippen LogP contribution is -2.55. The minimum atomic E-state index is 0.146. The fraction of sp³-hybridized carbons (Fsp3) is 0.182. The van der Waals surface area contributed by atoms with Crippen LogP contribution in [0.15, 0.2) is 164 Å². The summed E-state index contributed by atoms with van der Waals surface area (Å²) in [6.45, 7) is 0. The second-order valence-corrected chi connectivity index (χ2v) is 18.0.